The maximum absolute atomic E-state index is 10.6. The Hall–Kier alpha value is -0.573. The van der Waals surface area contributed by atoms with Crippen molar-refractivity contribution in [1.29, 1.82) is 0 Å². The van der Waals surface area contributed by atoms with Gasteiger partial charge < -0.3 is 4.43 Å². The molecule has 0 aromatic carbocycles. The SMILES string of the molecule is C/C=C(/C=O)O[Si](C)(C)C(C)(C)C. The largest absolute Gasteiger partial charge is 0.542 e. The van der Waals surface area contributed by atoms with Crippen LogP contribution in [-0.4, -0.2) is 14.6 Å². The van der Waals surface area contributed by atoms with E-state index in [4.69, 9.17) is 4.43 Å². The molecule has 0 unspecified atom stereocenters. The van der Waals surface area contributed by atoms with Crippen molar-refractivity contribution in [3.05, 3.63) is 11.8 Å². The fourth-order valence-corrected chi connectivity index (χ4v) is 1.66. The summed E-state index contributed by atoms with van der Waals surface area (Å²) < 4.78 is 5.73. The summed E-state index contributed by atoms with van der Waals surface area (Å²) in [6, 6.07) is 0. The molecule has 0 aliphatic carbocycles. The van der Waals surface area contributed by atoms with Gasteiger partial charge in [0.2, 0.25) is 0 Å². The van der Waals surface area contributed by atoms with Gasteiger partial charge in [0.05, 0.1) is 0 Å². The molecule has 0 atom stereocenters. The van der Waals surface area contributed by atoms with Gasteiger partial charge in [0.15, 0.2) is 6.29 Å². The van der Waals surface area contributed by atoms with Gasteiger partial charge in [-0.2, -0.15) is 0 Å². The minimum Gasteiger partial charge on any atom is -0.542 e. The van der Waals surface area contributed by atoms with Gasteiger partial charge in [0.25, 0.3) is 8.32 Å². The Kier molecular flexibility index (Phi) is 3.91. The van der Waals surface area contributed by atoms with Crippen molar-refractivity contribution in [2.75, 3.05) is 0 Å². The van der Waals surface area contributed by atoms with Crippen molar-refractivity contribution in [1.82, 2.24) is 0 Å². The van der Waals surface area contributed by atoms with Crippen molar-refractivity contribution in [3.8, 4) is 0 Å². The van der Waals surface area contributed by atoms with E-state index in [1.54, 1.807) is 6.08 Å². The Bertz CT molecular complexity index is 211. The van der Waals surface area contributed by atoms with Gasteiger partial charge in [-0.3, -0.25) is 4.79 Å². The topological polar surface area (TPSA) is 26.3 Å². The van der Waals surface area contributed by atoms with E-state index in [0.717, 1.165) is 6.29 Å². The van der Waals surface area contributed by atoms with Crippen LogP contribution in [0.1, 0.15) is 27.7 Å². The zero-order valence-electron chi connectivity index (χ0n) is 9.47. The second-order valence-corrected chi connectivity index (χ2v) is 9.40. The Morgan fingerprint density at radius 2 is 1.77 bits per heavy atom. The Labute approximate surface area is 82.1 Å². The lowest BCUT2D eigenvalue weighted by Crippen LogP contribution is -2.40. The Morgan fingerprint density at radius 3 is 2.00 bits per heavy atom. The molecule has 0 saturated carbocycles. The molecule has 0 amide bonds. The zero-order valence-corrected chi connectivity index (χ0v) is 10.5. The third-order valence-electron chi connectivity index (χ3n) is 2.58. The van der Waals surface area contributed by atoms with Crippen molar-refractivity contribution in [3.63, 3.8) is 0 Å². The van der Waals surface area contributed by atoms with E-state index in [2.05, 4.69) is 33.9 Å². The number of carbonyl (C=O) groups excluding carboxylic acids is 1. The molecule has 0 aliphatic rings. The fraction of sp³-hybridized carbons (Fsp3) is 0.700. The number of aldehydes is 1. The quantitative estimate of drug-likeness (QED) is 0.303. The minimum atomic E-state index is -1.81. The van der Waals surface area contributed by atoms with Crippen LogP contribution >= 0.6 is 0 Å². The molecule has 0 spiro atoms. The molecule has 0 rings (SSSR count). The first-order valence-electron chi connectivity index (χ1n) is 4.55. The predicted octanol–water partition coefficient (Wildman–Crippen LogP) is 3.11. The molecule has 0 aliphatic heterocycles. The molecular formula is C10H20O2Si. The van der Waals surface area contributed by atoms with Crippen LogP contribution in [0, 0.1) is 0 Å². The molecule has 76 valence electrons. The number of rotatable bonds is 3. The molecule has 13 heavy (non-hydrogen) atoms. The van der Waals surface area contributed by atoms with E-state index in [9.17, 15) is 4.79 Å². The molecule has 3 heteroatoms. The van der Waals surface area contributed by atoms with Crippen molar-refractivity contribution < 1.29 is 9.22 Å². The van der Waals surface area contributed by atoms with E-state index in [1.807, 2.05) is 6.92 Å². The summed E-state index contributed by atoms with van der Waals surface area (Å²) in [5, 5.41) is 0.143. The van der Waals surface area contributed by atoms with Crippen LogP contribution in [0.2, 0.25) is 18.1 Å². The van der Waals surface area contributed by atoms with Gasteiger partial charge in [-0.15, -0.1) is 0 Å². The fourth-order valence-electron chi connectivity index (χ4n) is 0.599. The monoisotopic (exact) mass is 200 g/mol. The van der Waals surface area contributed by atoms with E-state index in [1.165, 1.54) is 0 Å². The molecule has 0 fully saturated rings. The van der Waals surface area contributed by atoms with Gasteiger partial charge in [-0.05, 0) is 31.1 Å². The van der Waals surface area contributed by atoms with Gasteiger partial charge in [0.1, 0.15) is 5.76 Å². The summed E-state index contributed by atoms with van der Waals surface area (Å²) in [6.07, 6.45) is 2.49. The molecule has 0 aromatic heterocycles. The summed E-state index contributed by atoms with van der Waals surface area (Å²) in [4.78, 5) is 10.6. The predicted molar refractivity (Wildman–Crippen MR) is 58.1 cm³/mol. The van der Waals surface area contributed by atoms with Gasteiger partial charge in [-0.25, -0.2) is 0 Å². The molecule has 0 radical (unpaired) electrons. The third kappa shape index (κ3) is 3.34. The maximum Gasteiger partial charge on any atom is 0.250 e. The van der Waals surface area contributed by atoms with E-state index < -0.39 is 8.32 Å². The van der Waals surface area contributed by atoms with Crippen molar-refractivity contribution >= 4 is 14.6 Å². The molecule has 2 nitrogen and oxygen atoms in total. The summed E-state index contributed by atoms with van der Waals surface area (Å²) in [5.41, 5.74) is 0. The lowest BCUT2D eigenvalue weighted by atomic mass is 10.2. The van der Waals surface area contributed by atoms with Gasteiger partial charge >= 0.3 is 0 Å². The normalized spacial score (nSPS) is 14.2. The number of hydrogen-bond acceptors (Lipinski definition) is 2. The average molecular weight is 200 g/mol. The molecule has 0 N–H and O–H groups in total. The highest BCUT2D eigenvalue weighted by molar-refractivity contribution is 6.74. The lowest BCUT2D eigenvalue weighted by Gasteiger charge is -2.36. The van der Waals surface area contributed by atoms with Crippen LogP contribution < -0.4 is 0 Å². The number of carbonyl (C=O) groups is 1. The molecule has 0 saturated heterocycles. The first-order chi connectivity index (χ1) is 5.74. The highest BCUT2D eigenvalue weighted by Gasteiger charge is 2.39. The zero-order chi connectivity index (χ0) is 10.7. The maximum atomic E-state index is 10.6. The van der Waals surface area contributed by atoms with Crippen LogP contribution in [0.5, 0.6) is 0 Å². The smallest absolute Gasteiger partial charge is 0.250 e. The molecule has 0 aromatic rings. The van der Waals surface area contributed by atoms with Crippen LogP contribution in [-0.2, 0) is 9.22 Å². The number of hydrogen-bond donors (Lipinski definition) is 0. The lowest BCUT2D eigenvalue weighted by molar-refractivity contribution is -0.106. The highest BCUT2D eigenvalue weighted by atomic mass is 28.4. The molecule has 0 heterocycles. The van der Waals surface area contributed by atoms with Gasteiger partial charge in [0, 0.05) is 0 Å². The Balaban J connectivity index is 4.60. The summed E-state index contributed by atoms with van der Waals surface area (Å²) in [6.45, 7) is 12.5. The van der Waals surface area contributed by atoms with Crippen LogP contribution in [0.15, 0.2) is 11.8 Å². The summed E-state index contributed by atoms with van der Waals surface area (Å²) in [5.74, 6) is 0.464. The van der Waals surface area contributed by atoms with Crippen LogP contribution in [0.4, 0.5) is 0 Å². The van der Waals surface area contributed by atoms with Crippen molar-refractivity contribution in [2.24, 2.45) is 0 Å². The van der Waals surface area contributed by atoms with Crippen molar-refractivity contribution in [2.45, 2.75) is 45.8 Å². The number of allylic oxidation sites excluding steroid dienone is 2. The third-order valence-corrected chi connectivity index (χ3v) is 6.94. The summed E-state index contributed by atoms with van der Waals surface area (Å²) >= 11 is 0. The standard InChI is InChI=1S/C10H20O2Si/c1-7-9(8-11)12-13(5,6)10(2,3)4/h7-8H,1-6H3/b9-7-. The van der Waals surface area contributed by atoms with Crippen LogP contribution in [0.25, 0.3) is 0 Å². The Morgan fingerprint density at radius 1 is 1.31 bits per heavy atom. The van der Waals surface area contributed by atoms with Crippen LogP contribution in [0.3, 0.4) is 0 Å². The average Bonchev–Trinajstić information content (AvgIpc) is 1.98. The molecule has 0 bridgehead atoms. The first-order valence-corrected chi connectivity index (χ1v) is 7.46. The minimum absolute atomic E-state index is 0.143. The van der Waals surface area contributed by atoms with E-state index in [0.29, 0.717) is 5.76 Å². The summed E-state index contributed by atoms with van der Waals surface area (Å²) in [7, 11) is -1.81. The second-order valence-electron chi connectivity index (χ2n) is 4.67. The highest BCUT2D eigenvalue weighted by Crippen LogP contribution is 2.37. The van der Waals surface area contributed by atoms with E-state index in [-0.39, 0.29) is 5.04 Å². The second kappa shape index (κ2) is 4.09. The molecular weight excluding hydrogens is 180 g/mol. The van der Waals surface area contributed by atoms with E-state index >= 15 is 0 Å². The first kappa shape index (κ1) is 12.4. The van der Waals surface area contributed by atoms with Gasteiger partial charge in [-0.1, -0.05) is 20.8 Å².